The Balaban J connectivity index is 2.46. The Morgan fingerprint density at radius 3 is 2.81 bits per heavy atom. The summed E-state index contributed by atoms with van der Waals surface area (Å²) in [5, 5.41) is 8.65. The van der Waals surface area contributed by atoms with Gasteiger partial charge in [-0.1, -0.05) is 12.1 Å². The molecule has 0 spiro atoms. The van der Waals surface area contributed by atoms with Crippen LogP contribution in [0.3, 0.4) is 0 Å². The molecule has 0 radical (unpaired) electrons. The molecule has 1 N–H and O–H groups in total. The number of benzene rings is 1. The van der Waals surface area contributed by atoms with Gasteiger partial charge in [0, 0.05) is 18.5 Å². The maximum Gasteiger partial charge on any atom is 0.232 e. The van der Waals surface area contributed by atoms with Crippen molar-refractivity contribution >= 4 is 17.7 Å². The van der Waals surface area contributed by atoms with Gasteiger partial charge in [-0.2, -0.15) is 0 Å². The maximum atomic E-state index is 13.2. The van der Waals surface area contributed by atoms with Crippen LogP contribution in [-0.2, 0) is 4.79 Å². The van der Waals surface area contributed by atoms with E-state index in [0.29, 0.717) is 11.4 Å². The smallest absolute Gasteiger partial charge is 0.232 e. The molecule has 0 atom stereocenters. The molecule has 88 valence electrons. The van der Waals surface area contributed by atoms with Gasteiger partial charge in [-0.05, 0) is 12.1 Å². The van der Waals surface area contributed by atoms with Gasteiger partial charge in [0.05, 0.1) is 12.4 Å². The third kappa shape index (κ3) is 3.83. The number of hydrogen-bond acceptors (Lipinski definition) is 3. The molecule has 3 nitrogen and oxygen atoms in total. The van der Waals surface area contributed by atoms with Gasteiger partial charge in [0.2, 0.25) is 5.91 Å². The summed E-state index contributed by atoms with van der Waals surface area (Å²) < 4.78 is 13.2. The van der Waals surface area contributed by atoms with Gasteiger partial charge in [0.15, 0.2) is 0 Å². The van der Waals surface area contributed by atoms with Crippen molar-refractivity contribution in [3.8, 4) is 0 Å². The van der Waals surface area contributed by atoms with Crippen LogP contribution in [0.5, 0.6) is 0 Å². The lowest BCUT2D eigenvalue weighted by atomic mass is 10.3. The van der Waals surface area contributed by atoms with Gasteiger partial charge in [0.1, 0.15) is 5.82 Å². The first-order chi connectivity index (χ1) is 7.65. The first kappa shape index (κ1) is 13.0. The quantitative estimate of drug-likeness (QED) is 0.794. The maximum absolute atomic E-state index is 13.2. The molecule has 5 heteroatoms. The molecule has 0 unspecified atom stereocenters. The summed E-state index contributed by atoms with van der Waals surface area (Å²) in [6, 6.07) is 6.34. The fourth-order valence-corrected chi connectivity index (χ4v) is 1.97. The summed E-state index contributed by atoms with van der Waals surface area (Å²) in [4.78, 5) is 13.4. The third-order valence-corrected chi connectivity index (χ3v) is 3.08. The van der Waals surface area contributed by atoms with Crippen molar-refractivity contribution < 1.29 is 14.3 Å². The van der Waals surface area contributed by atoms with Crippen molar-refractivity contribution in [3.05, 3.63) is 30.1 Å². The number of nitrogens with zero attached hydrogens (tertiary/aromatic N) is 1. The van der Waals surface area contributed by atoms with E-state index in [-0.39, 0.29) is 24.1 Å². The fraction of sp³-hybridized carbons (Fsp3) is 0.364. The van der Waals surface area contributed by atoms with Crippen LogP contribution in [0, 0.1) is 5.82 Å². The number of amides is 1. The fourth-order valence-electron chi connectivity index (χ4n) is 1.09. The predicted molar refractivity (Wildman–Crippen MR) is 61.8 cm³/mol. The molecule has 0 heterocycles. The molecule has 1 aromatic rings. The third-order valence-electron chi connectivity index (χ3n) is 2.05. The Labute approximate surface area is 98.3 Å². The molecule has 0 bridgehead atoms. The van der Waals surface area contributed by atoms with E-state index in [1.54, 1.807) is 25.2 Å². The van der Waals surface area contributed by atoms with Crippen molar-refractivity contribution in [1.29, 1.82) is 0 Å². The zero-order valence-electron chi connectivity index (χ0n) is 9.02. The number of aliphatic hydroxyl groups is 1. The standard InChI is InChI=1S/C11H14FNO2S/c1-13(6-7-14)11(15)8-16-10-5-3-2-4-9(10)12/h2-5,14H,6-8H2,1H3. The van der Waals surface area contributed by atoms with Gasteiger partial charge in [0.25, 0.3) is 0 Å². The van der Waals surface area contributed by atoms with Crippen LogP contribution in [0.2, 0.25) is 0 Å². The van der Waals surface area contributed by atoms with Gasteiger partial charge in [-0.3, -0.25) is 4.79 Å². The highest BCUT2D eigenvalue weighted by Crippen LogP contribution is 2.21. The molecule has 0 aliphatic carbocycles. The van der Waals surface area contributed by atoms with Crippen molar-refractivity contribution in [2.24, 2.45) is 0 Å². The number of carbonyl (C=O) groups is 1. The van der Waals surface area contributed by atoms with Crippen molar-refractivity contribution in [3.63, 3.8) is 0 Å². The summed E-state index contributed by atoms with van der Waals surface area (Å²) >= 11 is 1.16. The number of hydrogen-bond donors (Lipinski definition) is 1. The number of aliphatic hydroxyl groups excluding tert-OH is 1. The van der Waals surface area contributed by atoms with Crippen LogP contribution >= 0.6 is 11.8 Å². The number of thioether (sulfide) groups is 1. The predicted octanol–water partition coefficient (Wildman–Crippen LogP) is 1.37. The van der Waals surface area contributed by atoms with Crippen LogP contribution in [0.25, 0.3) is 0 Å². The molecule has 0 fully saturated rings. The second-order valence-electron chi connectivity index (χ2n) is 3.26. The van der Waals surface area contributed by atoms with Gasteiger partial charge in [-0.25, -0.2) is 4.39 Å². The van der Waals surface area contributed by atoms with Crippen LogP contribution in [-0.4, -0.2) is 41.9 Å². The largest absolute Gasteiger partial charge is 0.395 e. The van der Waals surface area contributed by atoms with Gasteiger partial charge < -0.3 is 10.0 Å². The Hall–Kier alpha value is -1.07. The molecule has 0 aromatic heterocycles. The van der Waals surface area contributed by atoms with E-state index in [4.69, 9.17) is 5.11 Å². The molecule has 1 amide bonds. The highest BCUT2D eigenvalue weighted by molar-refractivity contribution is 8.00. The Bertz CT molecular complexity index is 360. The highest BCUT2D eigenvalue weighted by atomic mass is 32.2. The molecule has 0 aliphatic rings. The molecule has 1 rings (SSSR count). The lowest BCUT2D eigenvalue weighted by molar-refractivity contribution is -0.127. The number of halogens is 1. The summed E-state index contributed by atoms with van der Waals surface area (Å²) in [6.45, 7) is 0.239. The minimum absolute atomic E-state index is 0.0629. The topological polar surface area (TPSA) is 40.5 Å². The monoisotopic (exact) mass is 243 g/mol. The van der Waals surface area contributed by atoms with E-state index in [9.17, 15) is 9.18 Å². The summed E-state index contributed by atoms with van der Waals surface area (Å²) in [5.41, 5.74) is 0. The van der Waals surface area contributed by atoms with E-state index in [0.717, 1.165) is 11.8 Å². The number of carbonyl (C=O) groups excluding carboxylic acids is 1. The van der Waals surface area contributed by atoms with Crippen LogP contribution < -0.4 is 0 Å². The second-order valence-corrected chi connectivity index (χ2v) is 4.28. The first-order valence-corrected chi connectivity index (χ1v) is 5.86. The SMILES string of the molecule is CN(CCO)C(=O)CSc1ccccc1F. The average molecular weight is 243 g/mol. The second kappa shape index (κ2) is 6.50. The Kier molecular flexibility index (Phi) is 5.28. The van der Waals surface area contributed by atoms with Crippen LogP contribution in [0.4, 0.5) is 4.39 Å². The zero-order chi connectivity index (χ0) is 12.0. The van der Waals surface area contributed by atoms with Crippen LogP contribution in [0.1, 0.15) is 0 Å². The minimum atomic E-state index is -0.315. The van der Waals surface area contributed by atoms with Crippen molar-refractivity contribution in [2.75, 3.05) is 26.0 Å². The van der Waals surface area contributed by atoms with E-state index in [2.05, 4.69) is 0 Å². The molecular weight excluding hydrogens is 229 g/mol. The van der Waals surface area contributed by atoms with Gasteiger partial charge >= 0.3 is 0 Å². The summed E-state index contributed by atoms with van der Waals surface area (Å²) in [5.74, 6) is -0.260. The molecule has 1 aromatic carbocycles. The minimum Gasteiger partial charge on any atom is -0.395 e. The lowest BCUT2D eigenvalue weighted by Gasteiger charge is -2.15. The molecular formula is C11H14FNO2S. The molecule has 16 heavy (non-hydrogen) atoms. The first-order valence-electron chi connectivity index (χ1n) is 4.87. The van der Waals surface area contributed by atoms with E-state index in [1.807, 2.05) is 0 Å². The van der Waals surface area contributed by atoms with E-state index in [1.165, 1.54) is 11.0 Å². The average Bonchev–Trinajstić information content (AvgIpc) is 2.28. The normalized spacial score (nSPS) is 10.2. The van der Waals surface area contributed by atoms with E-state index >= 15 is 0 Å². The summed E-state index contributed by atoms with van der Waals surface area (Å²) in [6.07, 6.45) is 0. The number of rotatable bonds is 5. The Morgan fingerprint density at radius 2 is 2.19 bits per heavy atom. The van der Waals surface area contributed by atoms with Gasteiger partial charge in [-0.15, -0.1) is 11.8 Å². The van der Waals surface area contributed by atoms with Crippen molar-refractivity contribution in [2.45, 2.75) is 4.90 Å². The highest BCUT2D eigenvalue weighted by Gasteiger charge is 2.09. The van der Waals surface area contributed by atoms with Crippen LogP contribution in [0.15, 0.2) is 29.2 Å². The number of likely N-dealkylation sites (N-methyl/N-ethyl adjacent to an activating group) is 1. The molecule has 0 saturated carbocycles. The van der Waals surface area contributed by atoms with E-state index < -0.39 is 0 Å². The molecule has 0 saturated heterocycles. The lowest BCUT2D eigenvalue weighted by Crippen LogP contribution is -2.30. The summed E-state index contributed by atoms with van der Waals surface area (Å²) in [7, 11) is 1.61. The zero-order valence-corrected chi connectivity index (χ0v) is 9.84. The Morgan fingerprint density at radius 1 is 1.50 bits per heavy atom. The van der Waals surface area contributed by atoms with Crippen molar-refractivity contribution in [1.82, 2.24) is 4.90 Å². The molecule has 0 aliphatic heterocycles.